The molecular formula is C20H34N4O11. The Morgan fingerprint density at radius 1 is 1.17 bits per heavy atom. The Morgan fingerprint density at radius 2 is 1.77 bits per heavy atom. The minimum atomic E-state index is -1.80. The summed E-state index contributed by atoms with van der Waals surface area (Å²) in [6, 6.07) is -4.43. The Hall–Kier alpha value is -2.69. The molecule has 0 bridgehead atoms. The molecule has 0 saturated carbocycles. The van der Waals surface area contributed by atoms with Gasteiger partial charge >= 0.3 is 5.97 Å². The molecule has 0 aromatic rings. The van der Waals surface area contributed by atoms with Crippen LogP contribution in [0.4, 0.5) is 0 Å². The lowest BCUT2D eigenvalue weighted by molar-refractivity contribution is -0.267. The normalized spacial score (nSPS) is 26.8. The number of rotatable bonds is 12. The molecule has 1 aliphatic rings. The Morgan fingerprint density at radius 3 is 2.23 bits per heavy atom. The number of hydrogen-bond acceptors (Lipinski definition) is 11. The number of nitrogens with one attached hydrogen (secondary N) is 1. The summed E-state index contributed by atoms with van der Waals surface area (Å²) >= 11 is 0. The summed E-state index contributed by atoms with van der Waals surface area (Å²) in [6.45, 7) is 3.07. The summed E-state index contributed by atoms with van der Waals surface area (Å²) < 4.78 is 10.7. The summed E-state index contributed by atoms with van der Waals surface area (Å²) in [5.74, 6) is -5.28. The number of aliphatic hydroxyl groups excluding tert-OH is 3. The average Bonchev–Trinajstić information content (AvgIpc) is 2.78. The topological polar surface area (TPSA) is 252 Å². The van der Waals surface area contributed by atoms with Gasteiger partial charge in [-0.15, -0.1) is 0 Å². The van der Waals surface area contributed by atoms with E-state index in [1.807, 2.05) is 0 Å². The summed E-state index contributed by atoms with van der Waals surface area (Å²) in [5, 5.41) is 42.2. The van der Waals surface area contributed by atoms with Gasteiger partial charge in [-0.25, -0.2) is 4.79 Å². The number of aliphatic hydroxyl groups is 3. The highest BCUT2D eigenvalue weighted by Crippen LogP contribution is 2.25. The highest BCUT2D eigenvalue weighted by Gasteiger charge is 2.48. The number of carbonyl (C=O) groups is 5. The molecule has 1 saturated heterocycles. The quantitative estimate of drug-likeness (QED) is 0.134. The molecule has 4 amide bonds. The lowest BCUT2D eigenvalue weighted by Gasteiger charge is -2.43. The fraction of sp³-hybridized carbons (Fsp3) is 0.750. The van der Waals surface area contributed by atoms with E-state index >= 15 is 0 Å². The van der Waals surface area contributed by atoms with Crippen LogP contribution in [-0.4, -0.2) is 110 Å². The first kappa shape index (κ1) is 30.3. The van der Waals surface area contributed by atoms with E-state index < -0.39 is 97.9 Å². The Bertz CT molecular complexity index is 795. The monoisotopic (exact) mass is 506 g/mol. The molecule has 9 N–H and O–H groups in total. The molecule has 0 aliphatic carbocycles. The van der Waals surface area contributed by atoms with E-state index in [0.29, 0.717) is 4.90 Å². The summed E-state index contributed by atoms with van der Waals surface area (Å²) in [7, 11) is 0. The van der Waals surface area contributed by atoms with Crippen LogP contribution in [0.25, 0.3) is 0 Å². The number of carboxylic acid groups (broad SMARTS) is 1. The highest BCUT2D eigenvalue weighted by atomic mass is 16.6. The second kappa shape index (κ2) is 13.4. The first-order valence-electron chi connectivity index (χ1n) is 10.9. The molecule has 0 aromatic carbocycles. The molecule has 8 atom stereocenters. The van der Waals surface area contributed by atoms with Crippen molar-refractivity contribution in [1.29, 1.82) is 0 Å². The average molecular weight is 507 g/mol. The third-order valence-electron chi connectivity index (χ3n) is 5.44. The van der Waals surface area contributed by atoms with Crippen molar-refractivity contribution in [3.05, 3.63) is 0 Å². The zero-order chi connectivity index (χ0) is 27.0. The van der Waals surface area contributed by atoms with E-state index in [0.717, 1.165) is 13.8 Å². The third-order valence-corrected chi connectivity index (χ3v) is 5.44. The van der Waals surface area contributed by atoms with Crippen molar-refractivity contribution in [1.82, 2.24) is 10.2 Å². The van der Waals surface area contributed by atoms with Crippen molar-refractivity contribution in [3.63, 3.8) is 0 Å². The van der Waals surface area contributed by atoms with Crippen LogP contribution in [0.2, 0.25) is 0 Å². The van der Waals surface area contributed by atoms with Crippen LogP contribution < -0.4 is 16.8 Å². The van der Waals surface area contributed by atoms with Gasteiger partial charge in [-0.05, 0) is 19.8 Å². The number of ether oxygens (including phenoxy) is 2. The van der Waals surface area contributed by atoms with Gasteiger partial charge in [-0.3, -0.25) is 24.1 Å². The van der Waals surface area contributed by atoms with Crippen molar-refractivity contribution < 1.29 is 53.9 Å². The van der Waals surface area contributed by atoms with Crippen LogP contribution in [0, 0.1) is 0 Å². The van der Waals surface area contributed by atoms with E-state index in [1.54, 1.807) is 0 Å². The number of nitrogens with zero attached hydrogens (tertiary/aromatic N) is 1. The smallest absolute Gasteiger partial charge is 0.326 e. The molecule has 0 aromatic heterocycles. The lowest BCUT2D eigenvalue weighted by Crippen LogP contribution is -2.66. The minimum Gasteiger partial charge on any atom is -0.480 e. The van der Waals surface area contributed by atoms with Gasteiger partial charge in [0.25, 0.3) is 5.91 Å². The van der Waals surface area contributed by atoms with Gasteiger partial charge in [0.1, 0.15) is 36.5 Å². The maximum Gasteiger partial charge on any atom is 0.326 e. The van der Waals surface area contributed by atoms with E-state index in [-0.39, 0.29) is 6.42 Å². The third kappa shape index (κ3) is 7.91. The van der Waals surface area contributed by atoms with Gasteiger partial charge in [0.15, 0.2) is 6.29 Å². The van der Waals surface area contributed by atoms with Crippen molar-refractivity contribution in [2.75, 3.05) is 6.61 Å². The molecule has 200 valence electrons. The second-order valence-electron chi connectivity index (χ2n) is 8.13. The molecule has 35 heavy (non-hydrogen) atoms. The van der Waals surface area contributed by atoms with Gasteiger partial charge in [-0.2, -0.15) is 0 Å². The van der Waals surface area contributed by atoms with Crippen LogP contribution in [0.15, 0.2) is 0 Å². The number of primary amides is 1. The van der Waals surface area contributed by atoms with Crippen molar-refractivity contribution >= 4 is 29.6 Å². The van der Waals surface area contributed by atoms with E-state index in [2.05, 4.69) is 5.32 Å². The fourth-order valence-corrected chi connectivity index (χ4v) is 3.54. The number of hydrogen-bond donors (Lipinski definition) is 7. The van der Waals surface area contributed by atoms with Gasteiger partial charge in [0.2, 0.25) is 17.7 Å². The van der Waals surface area contributed by atoms with Crippen LogP contribution in [0.3, 0.4) is 0 Å². The molecule has 1 aliphatic heterocycles. The first-order chi connectivity index (χ1) is 16.3. The number of aliphatic carboxylic acids is 1. The maximum absolute atomic E-state index is 13.3. The second-order valence-corrected chi connectivity index (χ2v) is 8.13. The van der Waals surface area contributed by atoms with E-state index in [4.69, 9.17) is 20.9 Å². The molecule has 1 heterocycles. The largest absolute Gasteiger partial charge is 0.480 e. The molecule has 8 unspecified atom stereocenters. The van der Waals surface area contributed by atoms with Gasteiger partial charge in [-0.1, -0.05) is 6.92 Å². The van der Waals surface area contributed by atoms with Crippen LogP contribution in [0.1, 0.15) is 40.0 Å². The summed E-state index contributed by atoms with van der Waals surface area (Å²) in [5.41, 5.74) is 10.8. The Kier molecular flexibility index (Phi) is 11.6. The molecule has 0 spiro atoms. The fourth-order valence-electron chi connectivity index (χ4n) is 3.54. The zero-order valence-electron chi connectivity index (χ0n) is 19.7. The number of amides is 4. The Balaban J connectivity index is 3.32. The minimum absolute atomic E-state index is 0.0632. The predicted molar refractivity (Wildman–Crippen MR) is 116 cm³/mol. The SMILES string of the molecule is CCC(N)C(=O)N(C(=O)C(C)OC1C(O)C(CO)OC(O)C1NC(C)=O)C(CCC(N)=O)C(=O)O. The highest BCUT2D eigenvalue weighted by molar-refractivity contribution is 6.02. The standard InChI is InChI=1S/C20H34N4O11/c1-4-10(21)18(30)24(11(19(31)32)5-6-13(22)27)17(29)8(2)34-16-14(23-9(3)26)20(33)35-12(7-25)15(16)28/h8,10-12,14-16,20,25,28,33H,4-7,21H2,1-3H3,(H2,22,27)(H,23,26)(H,31,32). The van der Waals surface area contributed by atoms with Crippen molar-refractivity contribution in [3.8, 4) is 0 Å². The van der Waals surface area contributed by atoms with E-state index in [1.165, 1.54) is 6.92 Å². The van der Waals surface area contributed by atoms with Gasteiger partial charge in [0.05, 0.1) is 12.6 Å². The molecule has 1 fully saturated rings. The number of nitrogens with two attached hydrogens (primary N) is 2. The first-order valence-corrected chi connectivity index (χ1v) is 10.9. The zero-order valence-corrected chi connectivity index (χ0v) is 19.7. The maximum atomic E-state index is 13.3. The van der Waals surface area contributed by atoms with Gasteiger partial charge in [0, 0.05) is 13.3 Å². The number of carboxylic acids is 1. The lowest BCUT2D eigenvalue weighted by atomic mass is 9.96. The molecule has 0 radical (unpaired) electrons. The predicted octanol–water partition coefficient (Wildman–Crippen LogP) is -3.85. The summed E-state index contributed by atoms with van der Waals surface area (Å²) in [6.07, 6.45) is -8.70. The summed E-state index contributed by atoms with van der Waals surface area (Å²) in [4.78, 5) is 61.2. The number of imide groups is 1. The van der Waals surface area contributed by atoms with Crippen LogP contribution in [0.5, 0.6) is 0 Å². The van der Waals surface area contributed by atoms with Crippen molar-refractivity contribution in [2.45, 2.75) is 88.9 Å². The van der Waals surface area contributed by atoms with E-state index in [9.17, 15) is 44.4 Å². The van der Waals surface area contributed by atoms with Crippen molar-refractivity contribution in [2.24, 2.45) is 11.5 Å². The van der Waals surface area contributed by atoms with Crippen LogP contribution in [-0.2, 0) is 33.4 Å². The molecular weight excluding hydrogens is 472 g/mol. The molecule has 15 nitrogen and oxygen atoms in total. The van der Waals surface area contributed by atoms with Crippen LogP contribution >= 0.6 is 0 Å². The van der Waals surface area contributed by atoms with Gasteiger partial charge < -0.3 is 46.7 Å². The Labute approximate surface area is 201 Å². The molecule has 15 heteroatoms. The molecule has 1 rings (SSSR count). The number of carbonyl (C=O) groups excluding carboxylic acids is 4.